The molecule has 122 valence electrons. The fourth-order valence-corrected chi connectivity index (χ4v) is 2.84. The van der Waals surface area contributed by atoms with Crippen LogP contribution < -0.4 is 11.3 Å². The van der Waals surface area contributed by atoms with Crippen molar-refractivity contribution in [3.63, 3.8) is 0 Å². The van der Waals surface area contributed by atoms with E-state index in [4.69, 9.17) is 5.73 Å². The van der Waals surface area contributed by atoms with Crippen molar-refractivity contribution < 1.29 is 22.7 Å². The number of carbonyl (C=O) groups excluding carboxylic acids is 1. The number of nitrogens with zero attached hydrogens (tertiary/aromatic N) is 1. The second-order valence-corrected chi connectivity index (χ2v) is 5.31. The Morgan fingerprint density at radius 2 is 1.91 bits per heavy atom. The second-order valence-electron chi connectivity index (χ2n) is 5.31. The largest absolute Gasteiger partial charge is 0.465 e. The summed E-state index contributed by atoms with van der Waals surface area (Å²) in [6.07, 6.45) is -1.34. The van der Waals surface area contributed by atoms with Gasteiger partial charge in [0.1, 0.15) is 11.4 Å². The normalized spacial score (nSPS) is 16.5. The molecule has 0 unspecified atom stereocenters. The second kappa shape index (κ2) is 6.02. The van der Waals surface area contributed by atoms with Gasteiger partial charge in [-0.3, -0.25) is 9.36 Å². The minimum absolute atomic E-state index is 0.486. The van der Waals surface area contributed by atoms with Crippen LogP contribution in [0.4, 0.5) is 18.9 Å². The Labute approximate surface area is 124 Å². The summed E-state index contributed by atoms with van der Waals surface area (Å²) in [6.45, 7) is 0. The summed E-state index contributed by atoms with van der Waals surface area (Å²) in [5.41, 5.74) is 2.38. The number of aromatic nitrogens is 1. The molecule has 1 aliphatic carbocycles. The lowest BCUT2D eigenvalue weighted by molar-refractivity contribution is -0.145. The maximum atomic E-state index is 13.3. The molecule has 1 aromatic heterocycles. The molecule has 1 aromatic rings. The number of nitrogen functional groups attached to an aromatic ring is 1. The Balaban J connectivity index is 2.68. The third kappa shape index (κ3) is 2.95. The molecular formula is C14H17F3N2O3. The Morgan fingerprint density at radius 3 is 2.41 bits per heavy atom. The van der Waals surface area contributed by atoms with Crippen molar-refractivity contribution in [3.05, 3.63) is 27.7 Å². The van der Waals surface area contributed by atoms with Crippen LogP contribution in [0.5, 0.6) is 0 Å². The lowest BCUT2D eigenvalue weighted by Gasteiger charge is -2.28. The molecule has 8 heteroatoms. The van der Waals surface area contributed by atoms with Gasteiger partial charge in [0.25, 0.3) is 5.56 Å². The van der Waals surface area contributed by atoms with E-state index in [1.54, 1.807) is 0 Å². The van der Waals surface area contributed by atoms with Crippen molar-refractivity contribution in [2.24, 2.45) is 0 Å². The Hall–Kier alpha value is -1.99. The average Bonchev–Trinajstić information content (AvgIpc) is 2.48. The van der Waals surface area contributed by atoms with E-state index in [1.165, 1.54) is 0 Å². The van der Waals surface area contributed by atoms with Crippen LogP contribution >= 0.6 is 0 Å². The Bertz CT molecular complexity index is 631. The molecule has 2 rings (SSSR count). The van der Waals surface area contributed by atoms with Crippen molar-refractivity contribution in [1.29, 1.82) is 0 Å². The standard InChI is InChI=1S/C14H17F3N2O3/c1-22-13(21)9-7-10(14(15,16)17)19(12(20)11(9)18)8-5-3-2-4-6-8/h7-8H,2-6,18H2,1H3. The molecule has 22 heavy (non-hydrogen) atoms. The number of ether oxygens (including phenoxy) is 1. The molecule has 0 saturated heterocycles. The summed E-state index contributed by atoms with van der Waals surface area (Å²) in [5, 5.41) is 0. The van der Waals surface area contributed by atoms with Crippen LogP contribution in [0.15, 0.2) is 10.9 Å². The zero-order valence-electron chi connectivity index (χ0n) is 12.1. The van der Waals surface area contributed by atoms with Gasteiger partial charge in [0.2, 0.25) is 0 Å². The van der Waals surface area contributed by atoms with Gasteiger partial charge in [-0.15, -0.1) is 0 Å². The number of nitrogens with two attached hydrogens (primary N) is 1. The molecule has 0 spiro atoms. The van der Waals surface area contributed by atoms with E-state index in [1.807, 2.05) is 0 Å². The van der Waals surface area contributed by atoms with Crippen LogP contribution in [-0.2, 0) is 10.9 Å². The number of methoxy groups -OCH3 is 1. The molecule has 0 amide bonds. The van der Waals surface area contributed by atoms with Gasteiger partial charge in [-0.05, 0) is 18.9 Å². The Kier molecular flexibility index (Phi) is 4.48. The fourth-order valence-electron chi connectivity index (χ4n) is 2.84. The first-order valence-corrected chi connectivity index (χ1v) is 6.98. The highest BCUT2D eigenvalue weighted by Crippen LogP contribution is 2.35. The average molecular weight is 318 g/mol. The van der Waals surface area contributed by atoms with Gasteiger partial charge in [0.15, 0.2) is 0 Å². The van der Waals surface area contributed by atoms with Crippen molar-refractivity contribution in [2.45, 2.75) is 44.3 Å². The maximum Gasteiger partial charge on any atom is 0.431 e. The lowest BCUT2D eigenvalue weighted by Crippen LogP contribution is -2.35. The van der Waals surface area contributed by atoms with Crippen molar-refractivity contribution in [2.75, 3.05) is 12.8 Å². The SMILES string of the molecule is COC(=O)c1cc(C(F)(F)F)n(C2CCCCC2)c(=O)c1N. The number of halogens is 3. The first-order chi connectivity index (χ1) is 10.3. The molecular weight excluding hydrogens is 301 g/mol. The third-order valence-electron chi connectivity index (χ3n) is 3.92. The molecule has 0 radical (unpaired) electrons. The smallest absolute Gasteiger partial charge is 0.431 e. The van der Waals surface area contributed by atoms with Crippen LogP contribution in [0, 0.1) is 0 Å². The molecule has 5 nitrogen and oxygen atoms in total. The van der Waals surface area contributed by atoms with E-state index in [0.717, 1.165) is 26.4 Å². The number of alkyl halides is 3. The first kappa shape index (κ1) is 16.4. The molecule has 1 fully saturated rings. The number of hydrogen-bond donors (Lipinski definition) is 1. The van der Waals surface area contributed by atoms with Crippen molar-refractivity contribution >= 4 is 11.7 Å². The van der Waals surface area contributed by atoms with Crippen molar-refractivity contribution in [1.82, 2.24) is 4.57 Å². The van der Waals surface area contributed by atoms with Gasteiger partial charge < -0.3 is 10.5 Å². The lowest BCUT2D eigenvalue weighted by atomic mass is 9.94. The van der Waals surface area contributed by atoms with E-state index >= 15 is 0 Å². The predicted molar refractivity (Wildman–Crippen MR) is 73.6 cm³/mol. The molecule has 0 atom stereocenters. The molecule has 0 bridgehead atoms. The van der Waals surface area contributed by atoms with Crippen molar-refractivity contribution in [3.8, 4) is 0 Å². The number of pyridine rings is 1. The summed E-state index contributed by atoms with van der Waals surface area (Å²) in [5.74, 6) is -1.06. The number of hydrogen-bond acceptors (Lipinski definition) is 4. The van der Waals surface area contributed by atoms with Crippen LogP contribution in [0.1, 0.15) is 54.2 Å². The number of rotatable bonds is 2. The van der Waals surface area contributed by atoms with Gasteiger partial charge in [0.05, 0.1) is 12.7 Å². The molecule has 0 aliphatic heterocycles. The van der Waals surface area contributed by atoms with E-state index < -0.39 is 40.7 Å². The highest BCUT2D eigenvalue weighted by molar-refractivity contribution is 5.94. The summed E-state index contributed by atoms with van der Waals surface area (Å²) < 4.78 is 45.0. The quantitative estimate of drug-likeness (QED) is 0.851. The minimum Gasteiger partial charge on any atom is -0.465 e. The van der Waals surface area contributed by atoms with E-state index in [-0.39, 0.29) is 0 Å². The predicted octanol–water partition coefficient (Wildman–Crippen LogP) is 2.74. The zero-order valence-corrected chi connectivity index (χ0v) is 12.1. The zero-order chi connectivity index (χ0) is 16.5. The van der Waals surface area contributed by atoms with Crippen LogP contribution in [0.3, 0.4) is 0 Å². The van der Waals surface area contributed by atoms with E-state index in [0.29, 0.717) is 23.5 Å². The summed E-state index contributed by atoms with van der Waals surface area (Å²) in [7, 11) is 1.02. The van der Waals surface area contributed by atoms with Gasteiger partial charge in [0, 0.05) is 6.04 Å². The number of carbonyl (C=O) groups is 1. The summed E-state index contributed by atoms with van der Waals surface area (Å²) in [4.78, 5) is 23.8. The van der Waals surface area contributed by atoms with Crippen LogP contribution in [0.2, 0.25) is 0 Å². The topological polar surface area (TPSA) is 74.3 Å². The number of anilines is 1. The third-order valence-corrected chi connectivity index (χ3v) is 3.92. The molecule has 1 saturated carbocycles. The highest BCUT2D eigenvalue weighted by Gasteiger charge is 2.38. The minimum atomic E-state index is -4.76. The molecule has 2 N–H and O–H groups in total. The van der Waals surface area contributed by atoms with Gasteiger partial charge in [-0.1, -0.05) is 19.3 Å². The monoisotopic (exact) mass is 318 g/mol. The Morgan fingerprint density at radius 1 is 1.32 bits per heavy atom. The number of esters is 1. The summed E-state index contributed by atoms with van der Waals surface area (Å²) in [6, 6.07) is 0.0591. The molecule has 0 aromatic carbocycles. The fraction of sp³-hybridized carbons (Fsp3) is 0.571. The first-order valence-electron chi connectivity index (χ1n) is 6.98. The highest BCUT2D eigenvalue weighted by atomic mass is 19.4. The van der Waals surface area contributed by atoms with E-state index in [2.05, 4.69) is 4.74 Å². The molecule has 1 aliphatic rings. The van der Waals surface area contributed by atoms with E-state index in [9.17, 15) is 22.8 Å². The maximum absolute atomic E-state index is 13.3. The summed E-state index contributed by atoms with van der Waals surface area (Å²) >= 11 is 0. The van der Waals surface area contributed by atoms with Gasteiger partial charge in [-0.2, -0.15) is 13.2 Å². The van der Waals surface area contributed by atoms with Gasteiger partial charge >= 0.3 is 12.1 Å². The van der Waals surface area contributed by atoms with Crippen LogP contribution in [-0.4, -0.2) is 17.6 Å². The molecule has 1 heterocycles. The van der Waals surface area contributed by atoms with Gasteiger partial charge in [-0.25, -0.2) is 4.79 Å². The van der Waals surface area contributed by atoms with Crippen LogP contribution in [0.25, 0.3) is 0 Å².